The lowest BCUT2D eigenvalue weighted by Gasteiger charge is -2.10. The number of nitriles is 1. The molecule has 0 amide bonds. The van der Waals surface area contributed by atoms with Crippen LogP contribution in [0, 0.1) is 11.3 Å². The van der Waals surface area contributed by atoms with E-state index in [-0.39, 0.29) is 22.2 Å². The number of alkyl halides is 3. The maximum Gasteiger partial charge on any atom is 0.417 e. The molecule has 0 aliphatic heterocycles. The normalized spacial score (nSPS) is 11.4. The second-order valence-corrected chi connectivity index (χ2v) is 4.44. The Hall–Kier alpha value is -1.72. The fourth-order valence-corrected chi connectivity index (χ4v) is 2.09. The Balaban J connectivity index is 2.55. The molecule has 0 fully saturated rings. The average Bonchev–Trinajstić information content (AvgIpc) is 2.80. The molecule has 0 aliphatic rings. The maximum atomic E-state index is 12.5. The second-order valence-electron chi connectivity index (χ2n) is 3.71. The molecule has 9 heteroatoms. The minimum absolute atomic E-state index is 0.0187. The number of hydrogen-bond donors (Lipinski definition) is 1. The number of thiol groups is 1. The number of rotatable bonds is 2. The van der Waals surface area contributed by atoms with Gasteiger partial charge in [0.2, 0.25) is 0 Å². The van der Waals surface area contributed by atoms with Crippen LogP contribution in [0.4, 0.5) is 13.2 Å². The third kappa shape index (κ3) is 2.59. The monoisotopic (exact) mass is 318 g/mol. The number of halogens is 4. The molecule has 2 heterocycles. The Morgan fingerprint density at radius 1 is 1.40 bits per heavy atom. The first kappa shape index (κ1) is 14.7. The molecule has 0 spiro atoms. The van der Waals surface area contributed by atoms with Crippen molar-refractivity contribution in [2.24, 2.45) is 0 Å². The lowest BCUT2D eigenvalue weighted by Crippen LogP contribution is -2.09. The number of aromatic nitrogens is 3. The molecular formula is C11H6ClF3N4S. The standard InChI is InChI=1S/C11H6ClF3N4S/c12-8-1-7(11(13,14)15)4-17-10(8)19-9(5-20)6(2-16)3-18-19/h1,3-4,20H,5H2. The molecule has 0 saturated carbocycles. The van der Waals surface area contributed by atoms with E-state index >= 15 is 0 Å². The van der Waals surface area contributed by atoms with Crippen LogP contribution in [0.15, 0.2) is 18.5 Å². The maximum absolute atomic E-state index is 12.5. The van der Waals surface area contributed by atoms with Gasteiger partial charge in [0.05, 0.1) is 28.0 Å². The van der Waals surface area contributed by atoms with Crippen LogP contribution in [-0.4, -0.2) is 14.8 Å². The van der Waals surface area contributed by atoms with Gasteiger partial charge >= 0.3 is 6.18 Å². The van der Waals surface area contributed by atoms with Crippen molar-refractivity contribution < 1.29 is 13.2 Å². The van der Waals surface area contributed by atoms with E-state index in [0.717, 1.165) is 6.07 Å². The van der Waals surface area contributed by atoms with Gasteiger partial charge in [0, 0.05) is 11.9 Å². The first-order chi connectivity index (χ1) is 9.38. The quantitative estimate of drug-likeness (QED) is 0.865. The third-order valence-electron chi connectivity index (χ3n) is 2.49. The fourth-order valence-electron chi connectivity index (χ4n) is 1.54. The van der Waals surface area contributed by atoms with Crippen molar-refractivity contribution in [1.82, 2.24) is 14.8 Å². The number of pyridine rings is 1. The van der Waals surface area contributed by atoms with Crippen LogP contribution >= 0.6 is 24.2 Å². The molecule has 0 radical (unpaired) electrons. The van der Waals surface area contributed by atoms with Crippen LogP contribution in [0.25, 0.3) is 5.82 Å². The molecule has 0 saturated heterocycles. The summed E-state index contributed by atoms with van der Waals surface area (Å²) in [5.74, 6) is 0.187. The molecule has 2 aromatic rings. The minimum atomic E-state index is -4.52. The largest absolute Gasteiger partial charge is 0.417 e. The van der Waals surface area contributed by atoms with Crippen LogP contribution in [0.3, 0.4) is 0 Å². The molecule has 20 heavy (non-hydrogen) atoms. The molecule has 2 rings (SSSR count). The van der Waals surface area contributed by atoms with Crippen LogP contribution in [-0.2, 0) is 11.9 Å². The summed E-state index contributed by atoms with van der Waals surface area (Å²) in [6.07, 6.45) is -2.58. The van der Waals surface area contributed by atoms with E-state index in [0.29, 0.717) is 11.9 Å². The highest BCUT2D eigenvalue weighted by Crippen LogP contribution is 2.32. The Morgan fingerprint density at radius 3 is 2.60 bits per heavy atom. The van der Waals surface area contributed by atoms with Gasteiger partial charge in [-0.05, 0) is 6.07 Å². The van der Waals surface area contributed by atoms with E-state index in [1.54, 1.807) is 0 Å². The summed E-state index contributed by atoms with van der Waals surface area (Å²) < 4.78 is 38.8. The second kappa shape index (κ2) is 5.34. The van der Waals surface area contributed by atoms with Gasteiger partial charge in [-0.15, -0.1) is 0 Å². The summed E-state index contributed by atoms with van der Waals surface area (Å²) >= 11 is 9.88. The topological polar surface area (TPSA) is 54.5 Å². The van der Waals surface area contributed by atoms with E-state index in [4.69, 9.17) is 16.9 Å². The van der Waals surface area contributed by atoms with Crippen molar-refractivity contribution in [2.75, 3.05) is 0 Å². The fraction of sp³-hybridized carbons (Fsp3) is 0.182. The van der Waals surface area contributed by atoms with Gasteiger partial charge in [-0.2, -0.15) is 36.2 Å². The van der Waals surface area contributed by atoms with E-state index in [1.165, 1.54) is 10.9 Å². The first-order valence-corrected chi connectivity index (χ1v) is 6.20. The zero-order valence-electron chi connectivity index (χ0n) is 9.69. The highest BCUT2D eigenvalue weighted by atomic mass is 35.5. The summed E-state index contributed by atoms with van der Waals surface area (Å²) in [5.41, 5.74) is -0.283. The molecule has 104 valence electrons. The van der Waals surface area contributed by atoms with E-state index in [9.17, 15) is 13.2 Å². The van der Waals surface area contributed by atoms with Crippen molar-refractivity contribution in [1.29, 1.82) is 5.26 Å². The Kier molecular flexibility index (Phi) is 3.92. The predicted octanol–water partition coefficient (Wildman–Crippen LogP) is 3.24. The van der Waals surface area contributed by atoms with E-state index in [1.807, 2.05) is 6.07 Å². The lowest BCUT2D eigenvalue weighted by atomic mass is 10.2. The Bertz CT molecular complexity index is 690. The first-order valence-electron chi connectivity index (χ1n) is 5.19. The smallest absolute Gasteiger partial charge is 0.235 e. The van der Waals surface area contributed by atoms with Crippen LogP contribution in [0.5, 0.6) is 0 Å². The van der Waals surface area contributed by atoms with E-state index in [2.05, 4.69) is 22.7 Å². The van der Waals surface area contributed by atoms with Crippen molar-refractivity contribution in [3.05, 3.63) is 40.3 Å². The van der Waals surface area contributed by atoms with Crippen LogP contribution in [0.1, 0.15) is 16.8 Å². The highest BCUT2D eigenvalue weighted by Gasteiger charge is 2.32. The van der Waals surface area contributed by atoms with Crippen molar-refractivity contribution in [2.45, 2.75) is 11.9 Å². The molecule has 0 N–H and O–H groups in total. The summed E-state index contributed by atoms with van der Waals surface area (Å²) in [5, 5.41) is 12.6. The molecule has 0 unspecified atom stereocenters. The zero-order chi connectivity index (χ0) is 14.9. The summed E-state index contributed by atoms with van der Waals surface area (Å²) in [4.78, 5) is 3.68. The number of nitrogens with zero attached hydrogens (tertiary/aromatic N) is 4. The van der Waals surface area contributed by atoms with Gasteiger partial charge in [0.25, 0.3) is 0 Å². The third-order valence-corrected chi connectivity index (χ3v) is 3.07. The molecule has 0 atom stereocenters. The van der Waals surface area contributed by atoms with Crippen molar-refractivity contribution in [3.63, 3.8) is 0 Å². The highest BCUT2D eigenvalue weighted by molar-refractivity contribution is 7.79. The summed E-state index contributed by atoms with van der Waals surface area (Å²) in [7, 11) is 0. The molecule has 4 nitrogen and oxygen atoms in total. The lowest BCUT2D eigenvalue weighted by molar-refractivity contribution is -0.137. The number of hydrogen-bond acceptors (Lipinski definition) is 4. The van der Waals surface area contributed by atoms with Crippen LogP contribution in [0.2, 0.25) is 5.02 Å². The van der Waals surface area contributed by atoms with Gasteiger partial charge in [-0.25, -0.2) is 9.67 Å². The van der Waals surface area contributed by atoms with Gasteiger partial charge in [0.15, 0.2) is 5.82 Å². The SMILES string of the molecule is N#Cc1cnn(-c2ncc(C(F)(F)F)cc2Cl)c1CS. The summed E-state index contributed by atoms with van der Waals surface area (Å²) in [6, 6.07) is 2.67. The van der Waals surface area contributed by atoms with Gasteiger partial charge in [0.1, 0.15) is 6.07 Å². The van der Waals surface area contributed by atoms with Crippen LogP contribution < -0.4 is 0 Å². The predicted molar refractivity (Wildman–Crippen MR) is 68.8 cm³/mol. The average molecular weight is 319 g/mol. The molecule has 0 aromatic carbocycles. The molecular weight excluding hydrogens is 313 g/mol. The molecule has 0 aliphatic carbocycles. The molecule has 0 bridgehead atoms. The van der Waals surface area contributed by atoms with Crippen molar-refractivity contribution in [3.8, 4) is 11.9 Å². The Morgan fingerprint density at radius 2 is 2.10 bits per heavy atom. The van der Waals surface area contributed by atoms with Gasteiger partial charge in [-0.3, -0.25) is 0 Å². The minimum Gasteiger partial charge on any atom is -0.235 e. The van der Waals surface area contributed by atoms with Crippen molar-refractivity contribution >= 4 is 24.2 Å². The summed E-state index contributed by atoms with van der Waals surface area (Å²) in [6.45, 7) is 0. The molecule has 2 aromatic heterocycles. The van der Waals surface area contributed by atoms with Gasteiger partial charge in [-0.1, -0.05) is 11.6 Å². The zero-order valence-corrected chi connectivity index (χ0v) is 11.3. The van der Waals surface area contributed by atoms with E-state index < -0.39 is 11.7 Å². The Labute approximate surface area is 122 Å². The van der Waals surface area contributed by atoms with Gasteiger partial charge < -0.3 is 0 Å².